The molecule has 1 aromatic heterocycles. The Balaban J connectivity index is 1.68. The molecule has 1 heterocycles. The molecule has 0 aliphatic carbocycles. The van der Waals surface area contributed by atoms with Crippen molar-refractivity contribution in [2.24, 2.45) is 5.92 Å². The van der Waals surface area contributed by atoms with Crippen LogP contribution in [0.5, 0.6) is 5.75 Å². The van der Waals surface area contributed by atoms with Gasteiger partial charge in [0.2, 0.25) is 0 Å². The van der Waals surface area contributed by atoms with Crippen LogP contribution in [0.4, 0.5) is 0 Å². The summed E-state index contributed by atoms with van der Waals surface area (Å²) in [7, 11) is 1.59. The molecule has 1 N–H and O–H groups in total. The quantitative estimate of drug-likeness (QED) is 0.305. The molecule has 1 amide bonds. The molecular weight excluding hydrogens is 442 g/mol. The van der Waals surface area contributed by atoms with Crippen LogP contribution in [0.15, 0.2) is 108 Å². The Labute approximate surface area is 204 Å². The van der Waals surface area contributed by atoms with Crippen molar-refractivity contribution in [3.63, 3.8) is 0 Å². The van der Waals surface area contributed by atoms with Crippen molar-refractivity contribution in [1.82, 2.24) is 5.32 Å². The first kappa shape index (κ1) is 23.8. The molecule has 6 heteroatoms. The van der Waals surface area contributed by atoms with Crippen molar-refractivity contribution in [2.45, 2.75) is 19.1 Å². The highest BCUT2D eigenvalue weighted by Gasteiger charge is 2.34. The van der Waals surface area contributed by atoms with E-state index in [1.807, 2.05) is 55.5 Å². The predicted molar refractivity (Wildman–Crippen MR) is 132 cm³/mol. The van der Waals surface area contributed by atoms with Gasteiger partial charge in [0.05, 0.1) is 25.0 Å². The average Bonchev–Trinajstić information content (AvgIpc) is 3.45. The number of hydrogen-bond donors (Lipinski definition) is 1. The molecule has 0 spiro atoms. The topological polar surface area (TPSA) is 77.8 Å². The van der Waals surface area contributed by atoms with E-state index in [4.69, 9.17) is 13.9 Å². The zero-order valence-corrected chi connectivity index (χ0v) is 19.6. The first-order valence-electron chi connectivity index (χ1n) is 11.4. The number of nitrogens with one attached hydrogen (secondary N) is 1. The van der Waals surface area contributed by atoms with Gasteiger partial charge in [-0.15, -0.1) is 0 Å². The zero-order chi connectivity index (χ0) is 24.6. The summed E-state index contributed by atoms with van der Waals surface area (Å²) in [5.41, 5.74) is 1.74. The third-order valence-electron chi connectivity index (χ3n) is 5.86. The molecule has 3 atom stereocenters. The highest BCUT2D eigenvalue weighted by Crippen LogP contribution is 2.37. The molecule has 6 nitrogen and oxygen atoms in total. The molecule has 4 rings (SSSR count). The molecule has 0 bridgehead atoms. The van der Waals surface area contributed by atoms with Crippen molar-refractivity contribution in [2.75, 3.05) is 7.11 Å². The molecular formula is C29H27NO5. The summed E-state index contributed by atoms with van der Waals surface area (Å²) in [4.78, 5) is 26.1. The molecule has 4 aromatic rings. The molecule has 0 fully saturated rings. The predicted octanol–water partition coefficient (Wildman–Crippen LogP) is 5.99. The summed E-state index contributed by atoms with van der Waals surface area (Å²) < 4.78 is 17.0. The van der Waals surface area contributed by atoms with Crippen molar-refractivity contribution in [1.29, 1.82) is 0 Å². The lowest BCUT2D eigenvalue weighted by atomic mass is 9.88. The number of ether oxygens (including phenoxy) is 2. The second-order valence-corrected chi connectivity index (χ2v) is 8.16. The highest BCUT2D eigenvalue weighted by atomic mass is 16.5. The fourth-order valence-electron chi connectivity index (χ4n) is 3.95. The lowest BCUT2D eigenvalue weighted by Crippen LogP contribution is -2.35. The van der Waals surface area contributed by atoms with Crippen molar-refractivity contribution < 1.29 is 23.5 Å². The molecule has 0 saturated heterocycles. The number of furan rings is 1. The maximum Gasteiger partial charge on any atom is 0.338 e. The number of rotatable bonds is 9. The van der Waals surface area contributed by atoms with Gasteiger partial charge in [-0.05, 0) is 54.1 Å². The summed E-state index contributed by atoms with van der Waals surface area (Å²) in [6, 6.07) is 28.1. The van der Waals surface area contributed by atoms with Gasteiger partial charge >= 0.3 is 5.97 Å². The third kappa shape index (κ3) is 5.79. The van der Waals surface area contributed by atoms with Crippen molar-refractivity contribution >= 4 is 11.9 Å². The Hall–Kier alpha value is -4.32. The Morgan fingerprint density at radius 2 is 1.43 bits per heavy atom. The maximum absolute atomic E-state index is 13.1. The molecule has 0 aliphatic rings. The minimum atomic E-state index is -0.681. The smallest absolute Gasteiger partial charge is 0.338 e. The number of carbonyl (C=O) groups is 2. The molecule has 3 aromatic carbocycles. The Bertz CT molecular complexity index is 1220. The van der Waals surface area contributed by atoms with Crippen LogP contribution in [-0.2, 0) is 4.74 Å². The lowest BCUT2D eigenvalue weighted by Gasteiger charge is -2.31. The second kappa shape index (κ2) is 11.2. The van der Waals surface area contributed by atoms with Crippen LogP contribution < -0.4 is 10.1 Å². The van der Waals surface area contributed by atoms with E-state index >= 15 is 0 Å². The van der Waals surface area contributed by atoms with E-state index in [1.54, 1.807) is 61.9 Å². The monoisotopic (exact) mass is 469 g/mol. The lowest BCUT2D eigenvalue weighted by molar-refractivity contribution is 0.00824. The van der Waals surface area contributed by atoms with Gasteiger partial charge in [0.15, 0.2) is 0 Å². The number of benzene rings is 3. The van der Waals surface area contributed by atoms with Crippen LogP contribution in [0.3, 0.4) is 0 Å². The number of esters is 1. The minimum Gasteiger partial charge on any atom is -0.497 e. The Morgan fingerprint density at radius 3 is 2.00 bits per heavy atom. The molecule has 178 valence electrons. The van der Waals surface area contributed by atoms with Gasteiger partial charge in [0.25, 0.3) is 5.91 Å². The summed E-state index contributed by atoms with van der Waals surface area (Å²) >= 11 is 0. The van der Waals surface area contributed by atoms with Gasteiger partial charge in [-0.1, -0.05) is 55.5 Å². The SMILES string of the molecule is COc1ccc([C@@H](OC(=O)c2ccccc2)[C@@H](C)[C@H](NC(=O)c2ccccc2)c2ccco2)cc1. The van der Waals surface area contributed by atoms with E-state index in [9.17, 15) is 9.59 Å². The fourth-order valence-corrected chi connectivity index (χ4v) is 3.95. The Kier molecular flexibility index (Phi) is 7.63. The van der Waals surface area contributed by atoms with Crippen molar-refractivity contribution in [3.05, 3.63) is 126 Å². The number of hydrogen-bond acceptors (Lipinski definition) is 5. The van der Waals surface area contributed by atoms with Crippen LogP contribution in [0.1, 0.15) is 51.1 Å². The van der Waals surface area contributed by atoms with E-state index in [-0.39, 0.29) is 11.8 Å². The van der Waals surface area contributed by atoms with E-state index in [0.717, 1.165) is 5.56 Å². The first-order valence-corrected chi connectivity index (χ1v) is 11.4. The summed E-state index contributed by atoms with van der Waals surface area (Å²) in [5, 5.41) is 3.07. The minimum absolute atomic E-state index is 0.248. The molecule has 35 heavy (non-hydrogen) atoms. The van der Waals surface area contributed by atoms with Gasteiger partial charge in [-0.2, -0.15) is 0 Å². The van der Waals surface area contributed by atoms with Crippen molar-refractivity contribution in [3.8, 4) is 5.75 Å². The van der Waals surface area contributed by atoms with Crippen LogP contribution in [-0.4, -0.2) is 19.0 Å². The van der Waals surface area contributed by atoms with Gasteiger partial charge in [-0.3, -0.25) is 4.79 Å². The van der Waals surface area contributed by atoms with Gasteiger partial charge < -0.3 is 19.2 Å². The zero-order valence-electron chi connectivity index (χ0n) is 19.6. The number of carbonyl (C=O) groups excluding carboxylic acids is 2. The molecule has 0 saturated carbocycles. The van der Waals surface area contributed by atoms with Crippen LogP contribution in [0.2, 0.25) is 0 Å². The average molecular weight is 470 g/mol. The van der Waals surface area contributed by atoms with Gasteiger partial charge in [-0.25, -0.2) is 4.79 Å². The molecule has 0 unspecified atom stereocenters. The van der Waals surface area contributed by atoms with Gasteiger partial charge in [0, 0.05) is 11.5 Å². The first-order chi connectivity index (χ1) is 17.1. The van der Waals surface area contributed by atoms with Crippen LogP contribution in [0, 0.1) is 5.92 Å². The summed E-state index contributed by atoms with van der Waals surface area (Å²) in [6.45, 7) is 1.92. The fraction of sp³-hybridized carbons (Fsp3) is 0.172. The maximum atomic E-state index is 13.1. The highest BCUT2D eigenvalue weighted by molar-refractivity contribution is 5.94. The second-order valence-electron chi connectivity index (χ2n) is 8.16. The molecule has 0 radical (unpaired) electrons. The van der Waals surface area contributed by atoms with Crippen LogP contribution >= 0.6 is 0 Å². The summed E-state index contributed by atoms with van der Waals surface area (Å²) in [5.74, 6) is 0.174. The normalized spacial score (nSPS) is 13.3. The number of amides is 1. The Morgan fingerprint density at radius 1 is 0.800 bits per heavy atom. The van der Waals surface area contributed by atoms with E-state index in [0.29, 0.717) is 22.6 Å². The number of methoxy groups -OCH3 is 1. The largest absolute Gasteiger partial charge is 0.497 e. The summed E-state index contributed by atoms with van der Waals surface area (Å²) in [6.07, 6.45) is 0.877. The standard InChI is InChI=1S/C29H27NO5/c1-20(26(25-14-9-19-34-25)30-28(31)22-10-5-3-6-11-22)27(21-15-17-24(33-2)18-16-21)35-29(32)23-12-7-4-8-13-23/h3-20,26-27H,1-2H3,(H,30,31)/t20-,26-,27-/m0/s1. The molecule has 0 aliphatic heterocycles. The van der Waals surface area contributed by atoms with Crippen LogP contribution in [0.25, 0.3) is 0 Å². The van der Waals surface area contributed by atoms with E-state index in [2.05, 4.69) is 5.32 Å². The third-order valence-corrected chi connectivity index (χ3v) is 5.86. The van der Waals surface area contributed by atoms with E-state index in [1.165, 1.54) is 0 Å². The van der Waals surface area contributed by atoms with Gasteiger partial charge in [0.1, 0.15) is 17.6 Å². The van der Waals surface area contributed by atoms with E-state index < -0.39 is 18.1 Å².